The second kappa shape index (κ2) is 12.2. The summed E-state index contributed by atoms with van der Waals surface area (Å²) in [5, 5.41) is 18.2. The van der Waals surface area contributed by atoms with E-state index in [-0.39, 0.29) is 19.1 Å². The van der Waals surface area contributed by atoms with E-state index in [9.17, 15) is 19.5 Å². The van der Waals surface area contributed by atoms with Crippen LogP contribution >= 0.6 is 0 Å². The quantitative estimate of drug-likeness (QED) is 0.312. The van der Waals surface area contributed by atoms with Crippen molar-refractivity contribution in [2.75, 3.05) is 18.5 Å². The number of fused-ring (bicyclic) bond motifs is 3. The van der Waals surface area contributed by atoms with Crippen LogP contribution in [0.1, 0.15) is 56.4 Å². The number of carbonyl (C=O) groups excluding carboxylic acids is 3. The highest BCUT2D eigenvalue weighted by Crippen LogP contribution is 2.44. The molecular formula is C31H35N3O6. The maximum Gasteiger partial charge on any atom is 0.407 e. The van der Waals surface area contributed by atoms with Gasteiger partial charge in [0.25, 0.3) is 0 Å². The molecule has 1 aliphatic rings. The highest BCUT2D eigenvalue weighted by Gasteiger charge is 2.29. The summed E-state index contributed by atoms with van der Waals surface area (Å²) < 4.78 is 10.7. The third-order valence-corrected chi connectivity index (χ3v) is 6.47. The van der Waals surface area contributed by atoms with Gasteiger partial charge in [-0.15, -0.1) is 0 Å². The summed E-state index contributed by atoms with van der Waals surface area (Å²) in [5.74, 6) is -0.496. The van der Waals surface area contributed by atoms with Crippen molar-refractivity contribution < 1.29 is 29.0 Å². The van der Waals surface area contributed by atoms with Gasteiger partial charge in [-0.3, -0.25) is 4.79 Å². The average Bonchev–Trinajstić information content (AvgIpc) is 3.23. The summed E-state index contributed by atoms with van der Waals surface area (Å²) in [6.45, 7) is 6.96. The van der Waals surface area contributed by atoms with E-state index in [2.05, 4.69) is 28.1 Å². The Morgan fingerprint density at radius 2 is 1.45 bits per heavy atom. The number of rotatable bonds is 8. The number of alkyl carbamates (subject to hydrolysis) is 2. The number of aliphatic hydroxyl groups is 1. The molecule has 0 radical (unpaired) electrons. The van der Waals surface area contributed by atoms with Crippen LogP contribution in [0.4, 0.5) is 15.3 Å². The summed E-state index contributed by atoms with van der Waals surface area (Å²) in [7, 11) is 0. The van der Waals surface area contributed by atoms with Gasteiger partial charge in [0.05, 0.1) is 12.6 Å². The molecule has 0 saturated heterocycles. The summed E-state index contributed by atoms with van der Waals surface area (Å²) in [5.41, 5.74) is 4.90. The Morgan fingerprint density at radius 3 is 2.02 bits per heavy atom. The lowest BCUT2D eigenvalue weighted by Crippen LogP contribution is -2.42. The van der Waals surface area contributed by atoms with Gasteiger partial charge in [0.2, 0.25) is 5.91 Å². The van der Waals surface area contributed by atoms with E-state index in [0.29, 0.717) is 11.3 Å². The first-order valence-electron chi connectivity index (χ1n) is 13.2. The molecule has 2 unspecified atom stereocenters. The fourth-order valence-electron chi connectivity index (χ4n) is 4.53. The first-order chi connectivity index (χ1) is 19.0. The molecule has 4 rings (SSSR count). The molecule has 3 aromatic carbocycles. The van der Waals surface area contributed by atoms with Crippen LogP contribution in [0.2, 0.25) is 0 Å². The van der Waals surface area contributed by atoms with Crippen LogP contribution in [0, 0.1) is 0 Å². The van der Waals surface area contributed by atoms with Crippen molar-refractivity contribution in [3.8, 4) is 11.1 Å². The SMILES string of the molecule is CC(NC(=O)OCC1c2ccccc2-c2ccccc21)C(=O)Nc1ccc(C(O)CNC(=O)OC(C)(C)C)cc1. The fourth-order valence-corrected chi connectivity index (χ4v) is 4.53. The highest BCUT2D eigenvalue weighted by atomic mass is 16.6. The molecule has 0 spiro atoms. The van der Waals surface area contributed by atoms with E-state index in [1.807, 2.05) is 36.4 Å². The van der Waals surface area contributed by atoms with Crippen LogP contribution in [0.5, 0.6) is 0 Å². The topological polar surface area (TPSA) is 126 Å². The largest absolute Gasteiger partial charge is 0.449 e. The number of carbonyl (C=O) groups is 3. The second-order valence-electron chi connectivity index (χ2n) is 10.7. The third-order valence-electron chi connectivity index (χ3n) is 6.47. The van der Waals surface area contributed by atoms with Crippen LogP contribution in [0.25, 0.3) is 11.1 Å². The molecule has 0 saturated carbocycles. The number of amides is 3. The van der Waals surface area contributed by atoms with Crippen molar-refractivity contribution in [3.63, 3.8) is 0 Å². The molecule has 3 amide bonds. The van der Waals surface area contributed by atoms with E-state index in [1.165, 1.54) is 0 Å². The van der Waals surface area contributed by atoms with Crippen molar-refractivity contribution >= 4 is 23.8 Å². The average molecular weight is 546 g/mol. The van der Waals surface area contributed by atoms with Crippen LogP contribution in [0.3, 0.4) is 0 Å². The number of aliphatic hydroxyl groups excluding tert-OH is 1. The van der Waals surface area contributed by atoms with Crippen molar-refractivity contribution in [1.29, 1.82) is 0 Å². The zero-order valence-electron chi connectivity index (χ0n) is 23.1. The molecule has 210 valence electrons. The van der Waals surface area contributed by atoms with Crippen LogP contribution < -0.4 is 16.0 Å². The number of hydrogen-bond donors (Lipinski definition) is 4. The lowest BCUT2D eigenvalue weighted by molar-refractivity contribution is -0.117. The highest BCUT2D eigenvalue weighted by molar-refractivity contribution is 5.96. The number of hydrogen-bond acceptors (Lipinski definition) is 6. The normalized spacial score (nSPS) is 13.8. The smallest absolute Gasteiger partial charge is 0.407 e. The van der Waals surface area contributed by atoms with Gasteiger partial charge in [-0.2, -0.15) is 0 Å². The molecule has 9 heteroatoms. The van der Waals surface area contributed by atoms with Gasteiger partial charge in [0, 0.05) is 11.6 Å². The molecule has 3 aromatic rings. The first-order valence-corrected chi connectivity index (χ1v) is 13.2. The molecule has 0 aliphatic heterocycles. The van der Waals surface area contributed by atoms with Gasteiger partial charge in [-0.25, -0.2) is 9.59 Å². The predicted octanol–water partition coefficient (Wildman–Crippen LogP) is 5.11. The molecule has 0 heterocycles. The van der Waals surface area contributed by atoms with E-state index in [4.69, 9.17) is 9.47 Å². The first kappa shape index (κ1) is 28.6. The van der Waals surface area contributed by atoms with Crippen molar-refractivity contribution in [1.82, 2.24) is 10.6 Å². The Labute approximate surface area is 233 Å². The molecule has 4 N–H and O–H groups in total. The Kier molecular flexibility index (Phi) is 8.74. The molecule has 1 aliphatic carbocycles. The minimum absolute atomic E-state index is 0.0261. The number of anilines is 1. The van der Waals surface area contributed by atoms with Crippen LogP contribution in [-0.2, 0) is 14.3 Å². The second-order valence-corrected chi connectivity index (χ2v) is 10.7. The summed E-state index contributed by atoms with van der Waals surface area (Å²) in [4.78, 5) is 37.0. The van der Waals surface area contributed by atoms with E-state index in [0.717, 1.165) is 22.3 Å². The van der Waals surface area contributed by atoms with Crippen LogP contribution in [0.15, 0.2) is 72.8 Å². The fraction of sp³-hybridized carbons (Fsp3) is 0.323. The van der Waals surface area contributed by atoms with Gasteiger partial charge >= 0.3 is 12.2 Å². The molecule has 40 heavy (non-hydrogen) atoms. The Bertz CT molecular complexity index is 1320. The van der Waals surface area contributed by atoms with Crippen LogP contribution in [-0.4, -0.2) is 48.0 Å². The number of nitrogens with one attached hydrogen (secondary N) is 3. The summed E-state index contributed by atoms with van der Waals surface area (Å²) in [6.07, 6.45) is -2.25. The standard InChI is InChI=1S/C31H35N3O6/c1-19(28(36)34-21-15-13-20(14-16-21)27(35)17-32-29(37)40-31(2,3)4)33-30(38)39-18-26-24-11-7-5-9-22(24)23-10-6-8-12-25(23)26/h5-16,19,26-27,35H,17-18H2,1-4H3,(H,32,37)(H,33,38)(H,34,36). The van der Waals surface area contributed by atoms with Gasteiger partial charge in [-0.1, -0.05) is 60.7 Å². The predicted molar refractivity (Wildman–Crippen MR) is 152 cm³/mol. The van der Waals surface area contributed by atoms with E-state index < -0.39 is 35.8 Å². The lowest BCUT2D eigenvalue weighted by Gasteiger charge is -2.20. The van der Waals surface area contributed by atoms with E-state index >= 15 is 0 Å². The van der Waals surface area contributed by atoms with Crippen molar-refractivity contribution in [3.05, 3.63) is 89.5 Å². The zero-order valence-corrected chi connectivity index (χ0v) is 23.1. The third kappa shape index (κ3) is 7.18. The summed E-state index contributed by atoms with van der Waals surface area (Å²) >= 11 is 0. The van der Waals surface area contributed by atoms with Gasteiger partial charge in [-0.05, 0) is 67.6 Å². The van der Waals surface area contributed by atoms with Gasteiger partial charge < -0.3 is 30.5 Å². The Hall–Kier alpha value is -4.37. The summed E-state index contributed by atoms with van der Waals surface area (Å²) in [6, 6.07) is 21.8. The molecule has 9 nitrogen and oxygen atoms in total. The Balaban J connectivity index is 1.24. The maximum absolute atomic E-state index is 12.7. The van der Waals surface area contributed by atoms with E-state index in [1.54, 1.807) is 52.0 Å². The minimum atomic E-state index is -0.952. The maximum atomic E-state index is 12.7. The Morgan fingerprint density at radius 1 is 0.875 bits per heavy atom. The molecule has 0 fully saturated rings. The van der Waals surface area contributed by atoms with Crippen molar-refractivity contribution in [2.24, 2.45) is 0 Å². The minimum Gasteiger partial charge on any atom is -0.449 e. The van der Waals surface area contributed by atoms with Crippen molar-refractivity contribution in [2.45, 2.75) is 51.4 Å². The van der Waals surface area contributed by atoms with Gasteiger partial charge in [0.1, 0.15) is 18.2 Å². The lowest BCUT2D eigenvalue weighted by atomic mass is 9.98. The monoisotopic (exact) mass is 545 g/mol. The number of ether oxygens (including phenoxy) is 2. The van der Waals surface area contributed by atoms with Gasteiger partial charge in [0.15, 0.2) is 0 Å². The molecule has 0 bridgehead atoms. The molecule has 2 atom stereocenters. The zero-order chi connectivity index (χ0) is 28.9. The molecular weight excluding hydrogens is 510 g/mol. The molecule has 0 aromatic heterocycles. The number of benzene rings is 3.